The zero-order chi connectivity index (χ0) is 14.5. The van der Waals surface area contributed by atoms with Crippen LogP contribution in [0.1, 0.15) is 44.1 Å². The van der Waals surface area contributed by atoms with Crippen molar-refractivity contribution in [3.05, 3.63) is 29.8 Å². The maximum atomic E-state index is 6.03. The SMILES string of the molecule is COC[C@@H]1CCCN1Cc1ccc(OC2CCCC2)cc1. The van der Waals surface area contributed by atoms with Crippen molar-refractivity contribution in [2.45, 2.75) is 57.2 Å². The zero-order valence-electron chi connectivity index (χ0n) is 13.1. The number of rotatable bonds is 6. The molecule has 0 aromatic heterocycles. The molecule has 1 atom stereocenters. The number of ether oxygens (including phenoxy) is 2. The van der Waals surface area contributed by atoms with Gasteiger partial charge in [-0.2, -0.15) is 0 Å². The average Bonchev–Trinajstić information content (AvgIpc) is 3.14. The first-order chi connectivity index (χ1) is 10.3. The van der Waals surface area contributed by atoms with Gasteiger partial charge >= 0.3 is 0 Å². The summed E-state index contributed by atoms with van der Waals surface area (Å²) in [4.78, 5) is 2.54. The van der Waals surface area contributed by atoms with Crippen LogP contribution in [0.25, 0.3) is 0 Å². The Balaban J connectivity index is 1.54. The van der Waals surface area contributed by atoms with Gasteiger partial charge in [0.1, 0.15) is 5.75 Å². The first-order valence-electron chi connectivity index (χ1n) is 8.34. The maximum absolute atomic E-state index is 6.03. The summed E-state index contributed by atoms with van der Waals surface area (Å²) in [5.41, 5.74) is 1.37. The number of methoxy groups -OCH3 is 1. The first-order valence-corrected chi connectivity index (χ1v) is 8.34. The molecule has 2 fully saturated rings. The average molecular weight is 289 g/mol. The van der Waals surface area contributed by atoms with Crippen LogP contribution in [0.3, 0.4) is 0 Å². The van der Waals surface area contributed by atoms with Gasteiger partial charge in [0.15, 0.2) is 0 Å². The van der Waals surface area contributed by atoms with Crippen molar-refractivity contribution < 1.29 is 9.47 Å². The fourth-order valence-electron chi connectivity index (χ4n) is 3.59. The molecule has 1 aromatic carbocycles. The van der Waals surface area contributed by atoms with Gasteiger partial charge in [0.05, 0.1) is 12.7 Å². The quantitative estimate of drug-likeness (QED) is 0.798. The largest absolute Gasteiger partial charge is 0.490 e. The van der Waals surface area contributed by atoms with Gasteiger partial charge in [0, 0.05) is 19.7 Å². The van der Waals surface area contributed by atoms with E-state index in [1.54, 1.807) is 7.11 Å². The molecule has 1 saturated heterocycles. The second-order valence-corrected chi connectivity index (χ2v) is 6.39. The molecule has 0 radical (unpaired) electrons. The molecule has 116 valence electrons. The van der Waals surface area contributed by atoms with Gasteiger partial charge in [0.2, 0.25) is 0 Å². The van der Waals surface area contributed by atoms with E-state index in [0.29, 0.717) is 12.1 Å². The lowest BCUT2D eigenvalue weighted by Gasteiger charge is -2.24. The van der Waals surface area contributed by atoms with Gasteiger partial charge in [0.25, 0.3) is 0 Å². The first kappa shape index (κ1) is 14.9. The summed E-state index contributed by atoms with van der Waals surface area (Å²) in [6.45, 7) is 3.06. The van der Waals surface area contributed by atoms with Crippen molar-refractivity contribution >= 4 is 0 Å². The van der Waals surface area contributed by atoms with Crippen molar-refractivity contribution in [3.8, 4) is 5.75 Å². The molecule has 3 rings (SSSR count). The number of likely N-dealkylation sites (tertiary alicyclic amines) is 1. The van der Waals surface area contributed by atoms with E-state index in [-0.39, 0.29) is 0 Å². The lowest BCUT2D eigenvalue weighted by molar-refractivity contribution is 0.112. The highest BCUT2D eigenvalue weighted by molar-refractivity contribution is 5.27. The predicted molar refractivity (Wildman–Crippen MR) is 84.6 cm³/mol. The van der Waals surface area contributed by atoms with Gasteiger partial charge in [-0.25, -0.2) is 0 Å². The van der Waals surface area contributed by atoms with Crippen LogP contribution < -0.4 is 4.74 Å². The van der Waals surface area contributed by atoms with Crippen LogP contribution in [0.15, 0.2) is 24.3 Å². The smallest absolute Gasteiger partial charge is 0.119 e. The minimum Gasteiger partial charge on any atom is -0.490 e. The number of hydrogen-bond acceptors (Lipinski definition) is 3. The summed E-state index contributed by atoms with van der Waals surface area (Å²) < 4.78 is 11.4. The third kappa shape index (κ3) is 3.98. The number of hydrogen-bond donors (Lipinski definition) is 0. The van der Waals surface area contributed by atoms with Crippen LogP contribution in [0.2, 0.25) is 0 Å². The molecule has 2 aliphatic rings. The second-order valence-electron chi connectivity index (χ2n) is 6.39. The standard InChI is InChI=1S/C18H27NO2/c1-20-14-16-5-4-12-19(16)13-15-8-10-18(11-9-15)21-17-6-2-3-7-17/h8-11,16-17H,2-7,12-14H2,1H3/t16-/m0/s1. The Morgan fingerprint density at radius 1 is 1.05 bits per heavy atom. The number of benzene rings is 1. The Labute approximate surface area is 128 Å². The maximum Gasteiger partial charge on any atom is 0.119 e. The van der Waals surface area contributed by atoms with Gasteiger partial charge in [-0.3, -0.25) is 4.90 Å². The predicted octanol–water partition coefficient (Wildman–Crippen LogP) is 3.62. The fraction of sp³-hybridized carbons (Fsp3) is 0.667. The molecule has 1 heterocycles. The molecule has 0 unspecified atom stereocenters. The highest BCUT2D eigenvalue weighted by atomic mass is 16.5. The van der Waals surface area contributed by atoms with E-state index in [4.69, 9.17) is 9.47 Å². The van der Waals surface area contributed by atoms with Crippen molar-refractivity contribution in [1.82, 2.24) is 4.90 Å². The summed E-state index contributed by atoms with van der Waals surface area (Å²) in [6, 6.07) is 9.28. The fourth-order valence-corrected chi connectivity index (χ4v) is 3.59. The van der Waals surface area contributed by atoms with Crippen LogP contribution in [0.5, 0.6) is 5.75 Å². The van der Waals surface area contributed by atoms with Crippen LogP contribution >= 0.6 is 0 Å². The van der Waals surface area contributed by atoms with Crippen molar-refractivity contribution in [2.75, 3.05) is 20.3 Å². The molecule has 1 aromatic rings. The highest BCUT2D eigenvalue weighted by Gasteiger charge is 2.24. The lowest BCUT2D eigenvalue weighted by Crippen LogP contribution is -2.32. The van der Waals surface area contributed by atoms with E-state index >= 15 is 0 Å². The third-order valence-electron chi connectivity index (χ3n) is 4.77. The summed E-state index contributed by atoms with van der Waals surface area (Å²) >= 11 is 0. The molecule has 0 spiro atoms. The van der Waals surface area contributed by atoms with Crippen molar-refractivity contribution in [3.63, 3.8) is 0 Å². The molecule has 21 heavy (non-hydrogen) atoms. The highest BCUT2D eigenvalue weighted by Crippen LogP contribution is 2.25. The van der Waals surface area contributed by atoms with Gasteiger partial charge < -0.3 is 9.47 Å². The van der Waals surface area contributed by atoms with Crippen LogP contribution in [-0.4, -0.2) is 37.3 Å². The monoisotopic (exact) mass is 289 g/mol. The van der Waals surface area contributed by atoms with Gasteiger partial charge in [-0.05, 0) is 62.8 Å². The van der Waals surface area contributed by atoms with Gasteiger partial charge in [-0.15, -0.1) is 0 Å². The molecule has 3 heteroatoms. The Morgan fingerprint density at radius 3 is 2.52 bits per heavy atom. The molecular weight excluding hydrogens is 262 g/mol. The van der Waals surface area contributed by atoms with E-state index in [1.165, 1.54) is 50.6 Å². The van der Waals surface area contributed by atoms with E-state index in [1.807, 2.05) is 0 Å². The molecule has 0 amide bonds. The molecule has 3 nitrogen and oxygen atoms in total. The van der Waals surface area contributed by atoms with Crippen LogP contribution in [0, 0.1) is 0 Å². The second kappa shape index (κ2) is 7.28. The van der Waals surface area contributed by atoms with E-state index in [2.05, 4.69) is 29.2 Å². The summed E-state index contributed by atoms with van der Waals surface area (Å²) in [5, 5.41) is 0. The molecule has 1 aliphatic carbocycles. The Morgan fingerprint density at radius 2 is 1.81 bits per heavy atom. The molecule has 0 bridgehead atoms. The van der Waals surface area contributed by atoms with Gasteiger partial charge in [-0.1, -0.05) is 12.1 Å². The summed E-state index contributed by atoms with van der Waals surface area (Å²) in [7, 11) is 1.80. The van der Waals surface area contributed by atoms with Crippen LogP contribution in [0.4, 0.5) is 0 Å². The van der Waals surface area contributed by atoms with E-state index in [9.17, 15) is 0 Å². The van der Waals surface area contributed by atoms with Crippen molar-refractivity contribution in [1.29, 1.82) is 0 Å². The Kier molecular flexibility index (Phi) is 5.15. The summed E-state index contributed by atoms with van der Waals surface area (Å²) in [6.07, 6.45) is 8.06. The normalized spacial score (nSPS) is 23.8. The lowest BCUT2D eigenvalue weighted by atomic mass is 10.2. The minimum absolute atomic E-state index is 0.445. The summed E-state index contributed by atoms with van der Waals surface area (Å²) in [5.74, 6) is 1.03. The Bertz CT molecular complexity index is 425. The molecule has 0 N–H and O–H groups in total. The Hall–Kier alpha value is -1.06. The molecule has 1 aliphatic heterocycles. The van der Waals surface area contributed by atoms with Crippen LogP contribution in [-0.2, 0) is 11.3 Å². The molecular formula is C18H27NO2. The minimum atomic E-state index is 0.445. The zero-order valence-corrected chi connectivity index (χ0v) is 13.1. The van der Waals surface area contributed by atoms with E-state index in [0.717, 1.165) is 18.9 Å². The molecule has 1 saturated carbocycles. The van der Waals surface area contributed by atoms with E-state index < -0.39 is 0 Å². The third-order valence-corrected chi connectivity index (χ3v) is 4.77. The van der Waals surface area contributed by atoms with Crippen molar-refractivity contribution in [2.24, 2.45) is 0 Å². The topological polar surface area (TPSA) is 21.7 Å². The number of nitrogens with zero attached hydrogens (tertiary/aromatic N) is 1.